The quantitative estimate of drug-likeness (QED) is 0.848. The van der Waals surface area contributed by atoms with Gasteiger partial charge in [-0.25, -0.2) is 4.79 Å². The molecule has 0 saturated heterocycles. The van der Waals surface area contributed by atoms with Crippen molar-refractivity contribution in [2.24, 2.45) is 5.41 Å². The molecule has 0 saturated carbocycles. The number of benzene rings is 1. The van der Waals surface area contributed by atoms with Crippen molar-refractivity contribution in [3.05, 3.63) is 35.4 Å². The van der Waals surface area contributed by atoms with Gasteiger partial charge in [0, 0.05) is 5.75 Å². The fraction of sp³-hybridized carbons (Fsp3) is 0.500. The third-order valence-corrected chi connectivity index (χ3v) is 4.01. The average Bonchev–Trinajstić information content (AvgIpc) is 2.34. The van der Waals surface area contributed by atoms with Crippen molar-refractivity contribution in [3.8, 4) is 0 Å². The molecule has 0 unspecified atom stereocenters. The number of aliphatic carboxylic acids is 1. The Morgan fingerprint density at radius 1 is 1.33 bits per heavy atom. The number of aryl methyl sites for hydroxylation is 1. The number of thioether (sulfide) groups is 1. The summed E-state index contributed by atoms with van der Waals surface area (Å²) in [4.78, 5) is 23.1. The number of amides is 1. The molecule has 4 nitrogen and oxygen atoms in total. The summed E-state index contributed by atoms with van der Waals surface area (Å²) in [5.74, 6) is -0.245. The summed E-state index contributed by atoms with van der Waals surface area (Å²) in [5.41, 5.74) is 1.84. The van der Waals surface area contributed by atoms with Crippen molar-refractivity contribution in [1.82, 2.24) is 5.32 Å². The molecule has 5 heteroatoms. The maximum absolute atomic E-state index is 11.9. The second kappa shape index (κ2) is 7.50. The van der Waals surface area contributed by atoms with Crippen molar-refractivity contribution in [1.29, 1.82) is 0 Å². The molecule has 0 aliphatic carbocycles. The lowest BCUT2D eigenvalue weighted by molar-refractivity contribution is -0.144. The Bertz CT molecular complexity index is 508. The van der Waals surface area contributed by atoms with Crippen LogP contribution in [-0.4, -0.2) is 28.8 Å². The molecule has 0 heterocycles. The standard InChI is InChI=1S/C16H23NO3S/c1-11-6-5-7-12(8-11)9-21-10-13(18)17-14(15(19)20)16(2,3)4/h5-8,14H,9-10H2,1-4H3,(H,17,18)(H,19,20)/t14-/m1/s1. The molecule has 0 spiro atoms. The van der Waals surface area contributed by atoms with Gasteiger partial charge in [-0.05, 0) is 17.9 Å². The topological polar surface area (TPSA) is 66.4 Å². The number of carbonyl (C=O) groups is 2. The summed E-state index contributed by atoms with van der Waals surface area (Å²) in [6.45, 7) is 7.42. The molecule has 1 amide bonds. The molecular formula is C16H23NO3S. The van der Waals surface area contributed by atoms with Gasteiger partial charge in [0.15, 0.2) is 0 Å². The second-order valence-electron chi connectivity index (χ2n) is 6.19. The van der Waals surface area contributed by atoms with Gasteiger partial charge in [-0.3, -0.25) is 4.79 Å². The van der Waals surface area contributed by atoms with E-state index in [9.17, 15) is 14.7 Å². The molecule has 1 rings (SSSR count). The third kappa shape index (κ3) is 6.21. The van der Waals surface area contributed by atoms with Crippen LogP contribution in [0.1, 0.15) is 31.9 Å². The fourth-order valence-corrected chi connectivity index (χ4v) is 2.70. The van der Waals surface area contributed by atoms with Crippen LogP contribution in [0.2, 0.25) is 0 Å². The molecule has 0 aromatic heterocycles. The van der Waals surface area contributed by atoms with E-state index in [2.05, 4.69) is 11.4 Å². The van der Waals surface area contributed by atoms with Crippen molar-refractivity contribution >= 4 is 23.6 Å². The van der Waals surface area contributed by atoms with E-state index >= 15 is 0 Å². The second-order valence-corrected chi connectivity index (χ2v) is 7.17. The summed E-state index contributed by atoms with van der Waals surface area (Å²) >= 11 is 1.48. The normalized spacial score (nSPS) is 12.8. The van der Waals surface area contributed by atoms with Crippen LogP contribution in [0.5, 0.6) is 0 Å². The Kier molecular flexibility index (Phi) is 6.27. The van der Waals surface area contributed by atoms with E-state index in [4.69, 9.17) is 0 Å². The van der Waals surface area contributed by atoms with Crippen molar-refractivity contribution in [2.75, 3.05) is 5.75 Å². The number of carboxylic acid groups (broad SMARTS) is 1. The number of nitrogens with one attached hydrogen (secondary N) is 1. The highest BCUT2D eigenvalue weighted by Crippen LogP contribution is 2.20. The van der Waals surface area contributed by atoms with Crippen LogP contribution in [0.15, 0.2) is 24.3 Å². The van der Waals surface area contributed by atoms with E-state index < -0.39 is 17.4 Å². The summed E-state index contributed by atoms with van der Waals surface area (Å²) in [5, 5.41) is 11.8. The van der Waals surface area contributed by atoms with Crippen molar-refractivity contribution < 1.29 is 14.7 Å². The predicted octanol–water partition coefficient (Wildman–Crippen LogP) is 2.84. The lowest BCUT2D eigenvalue weighted by Gasteiger charge is -2.27. The molecule has 1 aromatic carbocycles. The number of carbonyl (C=O) groups excluding carboxylic acids is 1. The highest BCUT2D eigenvalue weighted by molar-refractivity contribution is 7.99. The predicted molar refractivity (Wildman–Crippen MR) is 86.4 cm³/mol. The van der Waals surface area contributed by atoms with Gasteiger partial charge in [-0.15, -0.1) is 11.8 Å². The van der Waals surface area contributed by atoms with E-state index in [0.717, 1.165) is 5.75 Å². The summed E-state index contributed by atoms with van der Waals surface area (Å²) < 4.78 is 0. The van der Waals surface area contributed by atoms with Gasteiger partial charge in [0.1, 0.15) is 6.04 Å². The molecule has 2 N–H and O–H groups in total. The van der Waals surface area contributed by atoms with Crippen LogP contribution in [0.3, 0.4) is 0 Å². The summed E-state index contributed by atoms with van der Waals surface area (Å²) in [6, 6.07) is 7.25. The molecule has 21 heavy (non-hydrogen) atoms. The Balaban J connectivity index is 2.45. The molecule has 0 aliphatic rings. The zero-order chi connectivity index (χ0) is 16.0. The monoisotopic (exact) mass is 309 g/mol. The van der Waals surface area contributed by atoms with Gasteiger partial charge >= 0.3 is 5.97 Å². The van der Waals surface area contributed by atoms with Crippen molar-refractivity contribution in [2.45, 2.75) is 39.5 Å². The van der Waals surface area contributed by atoms with Crippen molar-refractivity contribution in [3.63, 3.8) is 0 Å². The van der Waals surface area contributed by atoms with Crippen LogP contribution in [-0.2, 0) is 15.3 Å². The van der Waals surface area contributed by atoms with Gasteiger partial charge in [-0.1, -0.05) is 50.6 Å². The molecule has 1 aromatic rings. The van der Waals surface area contributed by atoms with Gasteiger partial charge in [0.05, 0.1) is 5.75 Å². The molecule has 1 atom stereocenters. The molecule has 0 radical (unpaired) electrons. The maximum Gasteiger partial charge on any atom is 0.326 e. The zero-order valence-corrected chi connectivity index (χ0v) is 13.8. The van der Waals surface area contributed by atoms with Crippen LogP contribution in [0.4, 0.5) is 0 Å². The zero-order valence-electron chi connectivity index (χ0n) is 13.0. The molecular weight excluding hydrogens is 286 g/mol. The van der Waals surface area contributed by atoms with E-state index in [0.29, 0.717) is 0 Å². The van der Waals surface area contributed by atoms with Crippen LogP contribution in [0.25, 0.3) is 0 Å². The average molecular weight is 309 g/mol. The minimum absolute atomic E-state index is 0.241. The van der Waals surface area contributed by atoms with Gasteiger partial charge in [0.2, 0.25) is 5.91 Å². The fourth-order valence-electron chi connectivity index (χ4n) is 1.91. The molecule has 0 aliphatic heterocycles. The Morgan fingerprint density at radius 2 is 2.00 bits per heavy atom. The largest absolute Gasteiger partial charge is 0.480 e. The molecule has 0 fully saturated rings. The first-order valence-corrected chi connectivity index (χ1v) is 8.01. The molecule has 0 bridgehead atoms. The number of hydrogen-bond donors (Lipinski definition) is 2. The molecule has 116 valence electrons. The van der Waals surface area contributed by atoms with Crippen LogP contribution >= 0.6 is 11.8 Å². The van der Waals surface area contributed by atoms with E-state index in [-0.39, 0.29) is 11.7 Å². The highest BCUT2D eigenvalue weighted by Gasteiger charge is 2.32. The first kappa shape index (κ1) is 17.6. The number of hydrogen-bond acceptors (Lipinski definition) is 3. The van der Waals surface area contributed by atoms with E-state index in [1.807, 2.05) is 25.1 Å². The highest BCUT2D eigenvalue weighted by atomic mass is 32.2. The maximum atomic E-state index is 11.9. The summed E-state index contributed by atoms with van der Waals surface area (Å²) in [6.07, 6.45) is 0. The number of carboxylic acids is 1. The first-order valence-electron chi connectivity index (χ1n) is 6.85. The van der Waals surface area contributed by atoms with Gasteiger partial charge in [-0.2, -0.15) is 0 Å². The van der Waals surface area contributed by atoms with Crippen LogP contribution < -0.4 is 5.32 Å². The SMILES string of the molecule is Cc1cccc(CSCC(=O)N[C@H](C(=O)O)C(C)(C)C)c1. The third-order valence-electron chi connectivity index (χ3n) is 3.00. The Labute approximate surface area is 130 Å². The van der Waals surface area contributed by atoms with Gasteiger partial charge < -0.3 is 10.4 Å². The summed E-state index contributed by atoms with van der Waals surface area (Å²) in [7, 11) is 0. The Hall–Kier alpha value is -1.49. The smallest absolute Gasteiger partial charge is 0.326 e. The van der Waals surface area contributed by atoms with E-state index in [1.165, 1.54) is 22.9 Å². The lowest BCUT2D eigenvalue weighted by atomic mass is 9.87. The minimum atomic E-state index is -1.00. The lowest BCUT2D eigenvalue weighted by Crippen LogP contribution is -2.49. The van der Waals surface area contributed by atoms with Gasteiger partial charge in [0.25, 0.3) is 0 Å². The number of rotatable bonds is 6. The van der Waals surface area contributed by atoms with Crippen LogP contribution in [0, 0.1) is 12.3 Å². The minimum Gasteiger partial charge on any atom is -0.480 e. The van der Waals surface area contributed by atoms with E-state index in [1.54, 1.807) is 20.8 Å². The first-order chi connectivity index (χ1) is 9.70. The Morgan fingerprint density at radius 3 is 2.52 bits per heavy atom.